The molecule has 1 atom stereocenters. The Labute approximate surface area is 178 Å². The highest BCUT2D eigenvalue weighted by atomic mass is 79.9. The molecule has 1 amide bonds. The standard InChI is InChI=1S/C23H22BrNO4/c1-28-20-10-9-14(11-21(20)29-2)17-13-22(27)25(16-6-3-5-15(24)12-16)18-7-4-8-19(26)23(17)18/h3,5-6,9-12,17H,4,7-8,13H2,1-2H3. The molecular formula is C23H22BrNO4. The summed E-state index contributed by atoms with van der Waals surface area (Å²) in [5, 5.41) is 0. The number of Topliss-reactive ketones (excluding diaryl/α,β-unsaturated/α-hetero) is 1. The Kier molecular flexibility index (Phi) is 5.46. The Bertz CT molecular complexity index is 1010. The SMILES string of the molecule is COc1ccc(C2CC(=O)N(c3cccc(Br)c3)C3=C2C(=O)CCC3)cc1OC. The van der Waals surface area contributed by atoms with Crippen LogP contribution in [0, 0.1) is 0 Å². The molecule has 6 heteroatoms. The first kappa shape index (κ1) is 19.7. The van der Waals surface area contributed by atoms with Gasteiger partial charge in [0.2, 0.25) is 5.91 Å². The number of hydrogen-bond donors (Lipinski definition) is 0. The summed E-state index contributed by atoms with van der Waals surface area (Å²) in [6.07, 6.45) is 2.23. The van der Waals surface area contributed by atoms with Gasteiger partial charge in [0.1, 0.15) is 0 Å². The molecular weight excluding hydrogens is 434 g/mol. The maximum Gasteiger partial charge on any atom is 0.232 e. The van der Waals surface area contributed by atoms with Gasteiger partial charge in [0.05, 0.1) is 14.2 Å². The number of ether oxygens (including phenoxy) is 2. The molecule has 0 saturated heterocycles. The monoisotopic (exact) mass is 455 g/mol. The van der Waals surface area contributed by atoms with Crippen molar-refractivity contribution in [2.24, 2.45) is 0 Å². The molecule has 0 fully saturated rings. The molecule has 0 spiro atoms. The summed E-state index contributed by atoms with van der Waals surface area (Å²) in [5.41, 5.74) is 3.27. The van der Waals surface area contributed by atoms with Crippen molar-refractivity contribution in [1.82, 2.24) is 0 Å². The molecule has 5 nitrogen and oxygen atoms in total. The van der Waals surface area contributed by atoms with Crippen molar-refractivity contribution < 1.29 is 19.1 Å². The number of halogens is 1. The lowest BCUT2D eigenvalue weighted by Crippen LogP contribution is -2.40. The van der Waals surface area contributed by atoms with Gasteiger partial charge in [-0.05, 0) is 48.7 Å². The Morgan fingerprint density at radius 3 is 2.52 bits per heavy atom. The van der Waals surface area contributed by atoms with Crippen LogP contribution in [0.3, 0.4) is 0 Å². The second-order valence-electron chi connectivity index (χ2n) is 7.22. The van der Waals surface area contributed by atoms with E-state index in [1.165, 1.54) is 0 Å². The third-order valence-corrected chi connectivity index (χ3v) is 6.04. The Morgan fingerprint density at radius 2 is 1.79 bits per heavy atom. The fourth-order valence-electron chi connectivity index (χ4n) is 4.26. The van der Waals surface area contributed by atoms with Gasteiger partial charge in [-0.3, -0.25) is 14.5 Å². The lowest BCUT2D eigenvalue weighted by Gasteiger charge is -2.38. The van der Waals surface area contributed by atoms with E-state index in [1.807, 2.05) is 42.5 Å². The van der Waals surface area contributed by atoms with Crippen LogP contribution in [0.2, 0.25) is 0 Å². The zero-order valence-electron chi connectivity index (χ0n) is 16.4. The van der Waals surface area contributed by atoms with Crippen LogP contribution in [-0.2, 0) is 9.59 Å². The zero-order valence-corrected chi connectivity index (χ0v) is 18.0. The van der Waals surface area contributed by atoms with Crippen molar-refractivity contribution in [2.75, 3.05) is 19.1 Å². The topological polar surface area (TPSA) is 55.8 Å². The van der Waals surface area contributed by atoms with Crippen LogP contribution in [0.4, 0.5) is 5.69 Å². The van der Waals surface area contributed by atoms with Gasteiger partial charge in [0, 0.05) is 40.2 Å². The molecule has 29 heavy (non-hydrogen) atoms. The van der Waals surface area contributed by atoms with Crippen molar-refractivity contribution in [3.05, 3.63) is 63.8 Å². The maximum absolute atomic E-state index is 13.2. The van der Waals surface area contributed by atoms with E-state index in [2.05, 4.69) is 15.9 Å². The molecule has 2 aliphatic rings. The van der Waals surface area contributed by atoms with Crippen LogP contribution in [-0.4, -0.2) is 25.9 Å². The lowest BCUT2D eigenvalue weighted by atomic mass is 9.77. The van der Waals surface area contributed by atoms with Gasteiger partial charge in [-0.1, -0.05) is 28.1 Å². The summed E-state index contributed by atoms with van der Waals surface area (Å²) in [4.78, 5) is 27.9. The number of ketones is 1. The molecule has 1 aliphatic carbocycles. The molecule has 0 aromatic heterocycles. The summed E-state index contributed by atoms with van der Waals surface area (Å²) < 4.78 is 11.7. The van der Waals surface area contributed by atoms with E-state index >= 15 is 0 Å². The summed E-state index contributed by atoms with van der Waals surface area (Å²) >= 11 is 3.48. The van der Waals surface area contributed by atoms with Gasteiger partial charge in [-0.25, -0.2) is 0 Å². The first-order chi connectivity index (χ1) is 14.0. The molecule has 150 valence electrons. The van der Waals surface area contributed by atoms with E-state index in [0.29, 0.717) is 24.3 Å². The molecule has 1 heterocycles. The van der Waals surface area contributed by atoms with Gasteiger partial charge in [0.25, 0.3) is 0 Å². The number of amides is 1. The van der Waals surface area contributed by atoms with Crippen LogP contribution in [0.1, 0.15) is 37.2 Å². The quantitative estimate of drug-likeness (QED) is 0.651. The van der Waals surface area contributed by atoms with Crippen molar-refractivity contribution in [2.45, 2.75) is 31.6 Å². The fraction of sp³-hybridized carbons (Fsp3) is 0.304. The number of carbonyl (C=O) groups excluding carboxylic acids is 2. The zero-order chi connectivity index (χ0) is 20.5. The van der Waals surface area contributed by atoms with Crippen molar-refractivity contribution in [3.8, 4) is 11.5 Å². The van der Waals surface area contributed by atoms with Crippen LogP contribution in [0.15, 0.2) is 58.2 Å². The molecule has 0 radical (unpaired) electrons. The predicted octanol–water partition coefficient (Wildman–Crippen LogP) is 4.99. The minimum absolute atomic E-state index is 0.00339. The third-order valence-electron chi connectivity index (χ3n) is 5.55. The van der Waals surface area contributed by atoms with E-state index < -0.39 is 0 Å². The predicted molar refractivity (Wildman–Crippen MR) is 114 cm³/mol. The Hall–Kier alpha value is -2.60. The highest BCUT2D eigenvalue weighted by Gasteiger charge is 2.39. The number of nitrogens with zero attached hydrogens (tertiary/aromatic N) is 1. The van der Waals surface area contributed by atoms with Gasteiger partial charge >= 0.3 is 0 Å². The normalized spacial score (nSPS) is 19.3. The Morgan fingerprint density at radius 1 is 1.00 bits per heavy atom. The van der Waals surface area contributed by atoms with Crippen molar-refractivity contribution in [1.29, 1.82) is 0 Å². The van der Waals surface area contributed by atoms with Gasteiger partial charge < -0.3 is 9.47 Å². The number of allylic oxidation sites excluding steroid dienone is 2. The average Bonchev–Trinajstić information content (AvgIpc) is 2.72. The summed E-state index contributed by atoms with van der Waals surface area (Å²) in [6.45, 7) is 0. The van der Waals surface area contributed by atoms with E-state index in [1.54, 1.807) is 19.1 Å². The minimum atomic E-state index is -0.270. The van der Waals surface area contributed by atoms with E-state index in [4.69, 9.17) is 9.47 Å². The largest absolute Gasteiger partial charge is 0.493 e. The maximum atomic E-state index is 13.2. The van der Waals surface area contributed by atoms with Crippen LogP contribution < -0.4 is 14.4 Å². The van der Waals surface area contributed by atoms with Crippen LogP contribution in [0.5, 0.6) is 11.5 Å². The summed E-state index contributed by atoms with van der Waals surface area (Å²) in [6, 6.07) is 13.3. The lowest BCUT2D eigenvalue weighted by molar-refractivity contribution is -0.119. The van der Waals surface area contributed by atoms with Gasteiger partial charge in [0.15, 0.2) is 17.3 Å². The van der Waals surface area contributed by atoms with Crippen molar-refractivity contribution >= 4 is 33.3 Å². The second kappa shape index (κ2) is 8.03. The number of carbonyl (C=O) groups is 2. The number of methoxy groups -OCH3 is 2. The summed E-state index contributed by atoms with van der Waals surface area (Å²) in [5.74, 6) is 1.07. The number of anilines is 1. The van der Waals surface area contributed by atoms with Gasteiger partial charge in [-0.15, -0.1) is 0 Å². The molecule has 2 aromatic rings. The Balaban J connectivity index is 1.84. The second-order valence-corrected chi connectivity index (χ2v) is 8.13. The minimum Gasteiger partial charge on any atom is -0.493 e. The average molecular weight is 456 g/mol. The molecule has 1 aliphatic heterocycles. The molecule has 4 rings (SSSR count). The number of hydrogen-bond acceptors (Lipinski definition) is 4. The number of benzene rings is 2. The third kappa shape index (κ3) is 3.57. The van der Waals surface area contributed by atoms with Gasteiger partial charge in [-0.2, -0.15) is 0 Å². The van der Waals surface area contributed by atoms with E-state index in [0.717, 1.165) is 33.4 Å². The summed E-state index contributed by atoms with van der Waals surface area (Å²) in [7, 11) is 3.17. The first-order valence-electron chi connectivity index (χ1n) is 9.60. The molecule has 0 bridgehead atoms. The van der Waals surface area contributed by atoms with Crippen LogP contribution in [0.25, 0.3) is 0 Å². The highest BCUT2D eigenvalue weighted by Crippen LogP contribution is 2.45. The van der Waals surface area contributed by atoms with Crippen LogP contribution >= 0.6 is 15.9 Å². The molecule has 0 N–H and O–H groups in total. The smallest absolute Gasteiger partial charge is 0.232 e. The fourth-order valence-corrected chi connectivity index (χ4v) is 4.65. The molecule has 2 aromatic carbocycles. The first-order valence-corrected chi connectivity index (χ1v) is 10.4. The molecule has 1 unspecified atom stereocenters. The number of rotatable bonds is 4. The van der Waals surface area contributed by atoms with Crippen molar-refractivity contribution in [3.63, 3.8) is 0 Å². The van der Waals surface area contributed by atoms with E-state index in [9.17, 15) is 9.59 Å². The van der Waals surface area contributed by atoms with E-state index in [-0.39, 0.29) is 24.0 Å². The highest BCUT2D eigenvalue weighted by molar-refractivity contribution is 9.10. The molecule has 0 saturated carbocycles.